The molecule has 3 aliphatic rings. The number of sulfonamides is 1. The van der Waals surface area contributed by atoms with Gasteiger partial charge in [-0.2, -0.15) is 4.31 Å². The van der Waals surface area contributed by atoms with Crippen molar-refractivity contribution in [2.75, 3.05) is 44.3 Å². The fourth-order valence-corrected chi connectivity index (χ4v) is 5.83. The summed E-state index contributed by atoms with van der Waals surface area (Å²) in [6, 6.07) is 4.08. The second-order valence-corrected chi connectivity index (χ2v) is 9.06. The first-order valence-electron chi connectivity index (χ1n) is 9.23. The van der Waals surface area contributed by atoms with Crippen LogP contribution in [0, 0.1) is 10.1 Å². The molecule has 1 aromatic rings. The van der Waals surface area contributed by atoms with Crippen LogP contribution >= 0.6 is 0 Å². The summed E-state index contributed by atoms with van der Waals surface area (Å²) in [6.45, 7) is 2.99. The Kier molecular flexibility index (Phi) is 4.83. The minimum absolute atomic E-state index is 0.00588. The van der Waals surface area contributed by atoms with Crippen LogP contribution in [0.4, 0.5) is 11.4 Å². The third-order valence-corrected chi connectivity index (χ3v) is 7.34. The van der Waals surface area contributed by atoms with Crippen LogP contribution in [0.5, 0.6) is 0 Å². The quantitative estimate of drug-likeness (QED) is 0.563. The average molecular weight is 397 g/mol. The highest BCUT2D eigenvalue weighted by molar-refractivity contribution is 7.89. The van der Waals surface area contributed by atoms with Crippen molar-refractivity contribution in [3.05, 3.63) is 28.3 Å². The van der Waals surface area contributed by atoms with Crippen molar-refractivity contribution in [3.63, 3.8) is 0 Å². The molecule has 148 valence electrons. The molecule has 10 heteroatoms. The molecular weight excluding hydrogens is 374 g/mol. The number of hydrogen-bond acceptors (Lipinski definition) is 7. The van der Waals surface area contributed by atoms with Crippen molar-refractivity contribution < 1.29 is 22.8 Å². The maximum Gasteiger partial charge on any atom is 0.270 e. The number of piperidine rings is 1. The average Bonchev–Trinajstić information content (AvgIpc) is 3.34. The predicted octanol–water partition coefficient (Wildman–Crippen LogP) is 1.72. The van der Waals surface area contributed by atoms with E-state index in [0.29, 0.717) is 45.1 Å². The Morgan fingerprint density at radius 3 is 2.44 bits per heavy atom. The molecule has 4 rings (SSSR count). The first-order valence-corrected chi connectivity index (χ1v) is 10.7. The molecule has 27 heavy (non-hydrogen) atoms. The number of nitro groups is 1. The van der Waals surface area contributed by atoms with Crippen LogP contribution in [0.25, 0.3) is 0 Å². The molecule has 0 aromatic heterocycles. The molecule has 0 saturated carbocycles. The van der Waals surface area contributed by atoms with Crippen LogP contribution in [-0.2, 0) is 19.5 Å². The minimum Gasteiger partial charge on any atom is -0.365 e. The van der Waals surface area contributed by atoms with E-state index >= 15 is 0 Å². The summed E-state index contributed by atoms with van der Waals surface area (Å²) in [5.41, 5.74) is 0.252. The Balaban J connectivity index is 1.74. The van der Waals surface area contributed by atoms with Crippen molar-refractivity contribution in [1.29, 1.82) is 0 Å². The summed E-state index contributed by atoms with van der Waals surface area (Å²) in [5, 5.41) is 11.2. The Morgan fingerprint density at radius 2 is 1.78 bits per heavy atom. The predicted molar refractivity (Wildman–Crippen MR) is 97.2 cm³/mol. The van der Waals surface area contributed by atoms with Gasteiger partial charge in [0.25, 0.3) is 5.69 Å². The summed E-state index contributed by atoms with van der Waals surface area (Å²) < 4.78 is 39.4. The normalized spacial score (nSPS) is 23.2. The number of rotatable bonds is 4. The molecule has 0 aliphatic carbocycles. The zero-order chi connectivity index (χ0) is 19.1. The van der Waals surface area contributed by atoms with Gasteiger partial charge in [-0.25, -0.2) is 8.42 Å². The van der Waals surface area contributed by atoms with Crippen LogP contribution < -0.4 is 4.90 Å². The van der Waals surface area contributed by atoms with Crippen LogP contribution in [0.3, 0.4) is 0 Å². The van der Waals surface area contributed by atoms with Gasteiger partial charge in [0.05, 0.1) is 30.4 Å². The molecule has 0 bridgehead atoms. The first-order chi connectivity index (χ1) is 12.9. The molecule has 0 unspecified atom stereocenters. The van der Waals surface area contributed by atoms with Crippen molar-refractivity contribution in [3.8, 4) is 0 Å². The molecule has 3 heterocycles. The molecule has 9 nitrogen and oxygen atoms in total. The van der Waals surface area contributed by atoms with E-state index in [1.54, 1.807) is 0 Å². The van der Waals surface area contributed by atoms with E-state index in [0.717, 1.165) is 25.7 Å². The Bertz CT molecular complexity index is 831. The number of anilines is 1. The number of nitrogens with zero attached hydrogens (tertiary/aromatic N) is 3. The molecule has 0 atom stereocenters. The minimum atomic E-state index is -3.80. The molecule has 3 aliphatic heterocycles. The monoisotopic (exact) mass is 397 g/mol. The summed E-state index contributed by atoms with van der Waals surface area (Å²) >= 11 is 0. The van der Waals surface area contributed by atoms with Crippen molar-refractivity contribution in [2.24, 2.45) is 0 Å². The summed E-state index contributed by atoms with van der Waals surface area (Å²) in [4.78, 5) is 12.6. The fraction of sp³-hybridized carbons (Fsp3) is 0.647. The Morgan fingerprint density at radius 1 is 1.07 bits per heavy atom. The highest BCUT2D eigenvalue weighted by Gasteiger charge is 2.42. The second-order valence-electron chi connectivity index (χ2n) is 7.15. The summed E-state index contributed by atoms with van der Waals surface area (Å²) in [5.74, 6) is -0.714. The molecule has 0 radical (unpaired) electrons. The zero-order valence-corrected chi connectivity index (χ0v) is 15.8. The topological polar surface area (TPSA) is 102 Å². The lowest BCUT2D eigenvalue weighted by atomic mass is 10.0. The Labute approximate surface area is 158 Å². The van der Waals surface area contributed by atoms with Crippen LogP contribution in [-0.4, -0.2) is 62.8 Å². The van der Waals surface area contributed by atoms with Crippen LogP contribution in [0.15, 0.2) is 23.1 Å². The molecule has 0 N–H and O–H groups in total. The third kappa shape index (κ3) is 3.42. The van der Waals surface area contributed by atoms with E-state index in [9.17, 15) is 18.5 Å². The highest BCUT2D eigenvalue weighted by atomic mass is 32.2. The van der Waals surface area contributed by atoms with Gasteiger partial charge in [-0.05, 0) is 25.3 Å². The fourth-order valence-electron chi connectivity index (χ4n) is 4.08. The standard InChI is InChI=1S/C17H23N3O6S/c21-20(22)14-4-5-15(16(12-14)27(23,24)19-8-1-2-9-19)18-7-3-6-17(13-18)25-10-11-26-17/h4-5,12H,1-3,6-11,13H2. The van der Waals surface area contributed by atoms with Crippen LogP contribution in [0.2, 0.25) is 0 Å². The van der Waals surface area contributed by atoms with E-state index in [-0.39, 0.29) is 10.6 Å². The van der Waals surface area contributed by atoms with Gasteiger partial charge in [0, 0.05) is 38.2 Å². The lowest BCUT2D eigenvalue weighted by molar-refractivity contribution is -0.385. The molecule has 1 aromatic carbocycles. The van der Waals surface area contributed by atoms with Gasteiger partial charge in [-0.3, -0.25) is 10.1 Å². The van der Waals surface area contributed by atoms with Crippen molar-refractivity contribution >= 4 is 21.4 Å². The van der Waals surface area contributed by atoms with E-state index in [2.05, 4.69) is 0 Å². The highest BCUT2D eigenvalue weighted by Crippen LogP contribution is 2.38. The SMILES string of the molecule is O=[N+]([O-])c1ccc(N2CCCC3(C2)OCCO3)c(S(=O)(=O)N2CCCC2)c1. The molecule has 1 spiro atoms. The van der Waals surface area contributed by atoms with Crippen LogP contribution in [0.1, 0.15) is 25.7 Å². The maximum atomic E-state index is 13.2. The van der Waals surface area contributed by atoms with Gasteiger partial charge < -0.3 is 14.4 Å². The van der Waals surface area contributed by atoms with Crippen molar-refractivity contribution in [1.82, 2.24) is 4.31 Å². The third-order valence-electron chi connectivity index (χ3n) is 5.41. The van der Waals surface area contributed by atoms with E-state index < -0.39 is 20.7 Å². The lowest BCUT2D eigenvalue weighted by Crippen LogP contribution is -2.49. The number of nitro benzene ring substituents is 1. The van der Waals surface area contributed by atoms with Gasteiger partial charge in [0.1, 0.15) is 4.90 Å². The number of non-ortho nitro benzene ring substituents is 1. The number of benzene rings is 1. The number of hydrogen-bond donors (Lipinski definition) is 0. The van der Waals surface area contributed by atoms with E-state index in [1.165, 1.54) is 22.5 Å². The largest absolute Gasteiger partial charge is 0.365 e. The first kappa shape index (κ1) is 18.6. The smallest absolute Gasteiger partial charge is 0.270 e. The van der Waals surface area contributed by atoms with Crippen molar-refractivity contribution in [2.45, 2.75) is 36.4 Å². The maximum absolute atomic E-state index is 13.2. The van der Waals surface area contributed by atoms with Gasteiger partial charge in [0.2, 0.25) is 10.0 Å². The molecule has 3 fully saturated rings. The van der Waals surface area contributed by atoms with Gasteiger partial charge in [0.15, 0.2) is 5.79 Å². The lowest BCUT2D eigenvalue weighted by Gasteiger charge is -2.40. The summed E-state index contributed by atoms with van der Waals surface area (Å²) in [7, 11) is -3.80. The molecule has 0 amide bonds. The number of ether oxygens (including phenoxy) is 2. The van der Waals surface area contributed by atoms with E-state index in [4.69, 9.17) is 9.47 Å². The van der Waals surface area contributed by atoms with Gasteiger partial charge in [-0.1, -0.05) is 0 Å². The van der Waals surface area contributed by atoms with Gasteiger partial charge in [-0.15, -0.1) is 0 Å². The molecule has 3 saturated heterocycles. The summed E-state index contributed by atoms with van der Waals surface area (Å²) in [6.07, 6.45) is 3.15. The zero-order valence-electron chi connectivity index (χ0n) is 15.0. The van der Waals surface area contributed by atoms with E-state index in [1.807, 2.05) is 4.90 Å². The Hall–Kier alpha value is -1.75. The molecular formula is C17H23N3O6S. The van der Waals surface area contributed by atoms with Gasteiger partial charge >= 0.3 is 0 Å². The second kappa shape index (κ2) is 7.01.